The first-order valence-electron chi connectivity index (χ1n) is 7.66. The second-order valence-electron chi connectivity index (χ2n) is 5.71. The largest absolute Gasteiger partial charge is 0.155 e. The van der Waals surface area contributed by atoms with Crippen LogP contribution in [0.2, 0.25) is 0 Å². The molecule has 0 atom stereocenters. The molecular formula is C16H26N2. The second kappa shape index (κ2) is 6.86. The van der Waals surface area contributed by atoms with Crippen LogP contribution in [0.1, 0.15) is 76.1 Å². The SMILES string of the molecule is CCCc1ccc(C2CCC(CCC)CC2)nn1. The minimum absolute atomic E-state index is 0.668. The van der Waals surface area contributed by atoms with Crippen LogP contribution in [-0.4, -0.2) is 10.2 Å². The zero-order chi connectivity index (χ0) is 12.8. The molecule has 1 aromatic heterocycles. The van der Waals surface area contributed by atoms with E-state index >= 15 is 0 Å². The Bertz CT molecular complexity index is 337. The summed E-state index contributed by atoms with van der Waals surface area (Å²) in [5, 5.41) is 8.79. The van der Waals surface area contributed by atoms with Gasteiger partial charge in [0.25, 0.3) is 0 Å². The van der Waals surface area contributed by atoms with Crippen LogP contribution in [0.5, 0.6) is 0 Å². The Labute approximate surface area is 111 Å². The third-order valence-corrected chi connectivity index (χ3v) is 4.21. The van der Waals surface area contributed by atoms with Gasteiger partial charge in [-0.2, -0.15) is 10.2 Å². The molecule has 1 heterocycles. The molecule has 1 saturated carbocycles. The average molecular weight is 246 g/mol. The molecule has 2 heteroatoms. The van der Waals surface area contributed by atoms with Crippen molar-refractivity contribution in [2.24, 2.45) is 5.92 Å². The standard InChI is InChI=1S/C16H26N2/c1-3-5-13-7-9-14(10-8-13)16-12-11-15(6-4-2)17-18-16/h11-14H,3-10H2,1-2H3. The molecular weight excluding hydrogens is 220 g/mol. The highest BCUT2D eigenvalue weighted by atomic mass is 15.1. The predicted octanol–water partition coefficient (Wildman–Crippen LogP) is 4.50. The molecule has 0 spiro atoms. The molecule has 0 aliphatic heterocycles. The zero-order valence-corrected chi connectivity index (χ0v) is 11.9. The number of aromatic nitrogens is 2. The number of hydrogen-bond acceptors (Lipinski definition) is 2. The average Bonchev–Trinajstić information content (AvgIpc) is 2.41. The summed E-state index contributed by atoms with van der Waals surface area (Å²) in [6.45, 7) is 4.48. The van der Waals surface area contributed by atoms with Gasteiger partial charge in [0.2, 0.25) is 0 Å². The normalized spacial score (nSPS) is 24.1. The molecule has 2 rings (SSSR count). The molecule has 0 radical (unpaired) electrons. The molecule has 0 unspecified atom stereocenters. The summed E-state index contributed by atoms with van der Waals surface area (Å²) < 4.78 is 0. The molecule has 0 N–H and O–H groups in total. The maximum Gasteiger partial charge on any atom is 0.0662 e. The summed E-state index contributed by atoms with van der Waals surface area (Å²) in [6, 6.07) is 4.38. The van der Waals surface area contributed by atoms with E-state index in [9.17, 15) is 0 Å². The van der Waals surface area contributed by atoms with Gasteiger partial charge in [0, 0.05) is 5.92 Å². The van der Waals surface area contributed by atoms with E-state index in [-0.39, 0.29) is 0 Å². The van der Waals surface area contributed by atoms with Crippen LogP contribution in [0.3, 0.4) is 0 Å². The van der Waals surface area contributed by atoms with Crippen LogP contribution < -0.4 is 0 Å². The van der Waals surface area contributed by atoms with Crippen molar-refractivity contribution in [2.45, 2.75) is 71.1 Å². The summed E-state index contributed by atoms with van der Waals surface area (Å²) in [5.74, 6) is 1.64. The fourth-order valence-electron chi connectivity index (χ4n) is 3.13. The van der Waals surface area contributed by atoms with Crippen molar-refractivity contribution >= 4 is 0 Å². The van der Waals surface area contributed by atoms with E-state index < -0.39 is 0 Å². The lowest BCUT2D eigenvalue weighted by Crippen LogP contribution is -2.14. The first-order chi connectivity index (χ1) is 8.83. The number of rotatable bonds is 5. The number of hydrogen-bond donors (Lipinski definition) is 0. The summed E-state index contributed by atoms with van der Waals surface area (Å²) >= 11 is 0. The maximum absolute atomic E-state index is 4.44. The van der Waals surface area contributed by atoms with Gasteiger partial charge < -0.3 is 0 Å². The van der Waals surface area contributed by atoms with Gasteiger partial charge in [-0.15, -0.1) is 0 Å². The molecule has 0 saturated heterocycles. The minimum atomic E-state index is 0.668. The van der Waals surface area contributed by atoms with Gasteiger partial charge in [-0.25, -0.2) is 0 Å². The minimum Gasteiger partial charge on any atom is -0.155 e. The maximum atomic E-state index is 4.44. The van der Waals surface area contributed by atoms with Crippen molar-refractivity contribution in [3.05, 3.63) is 23.5 Å². The van der Waals surface area contributed by atoms with Crippen LogP contribution in [0.25, 0.3) is 0 Å². The molecule has 100 valence electrons. The van der Waals surface area contributed by atoms with Crippen molar-refractivity contribution in [2.75, 3.05) is 0 Å². The van der Waals surface area contributed by atoms with Crippen molar-refractivity contribution in [3.63, 3.8) is 0 Å². The Kier molecular flexibility index (Phi) is 5.15. The van der Waals surface area contributed by atoms with Crippen LogP contribution >= 0.6 is 0 Å². The predicted molar refractivity (Wildman–Crippen MR) is 75.6 cm³/mol. The van der Waals surface area contributed by atoms with Crippen LogP contribution in [0, 0.1) is 5.92 Å². The molecule has 0 amide bonds. The van der Waals surface area contributed by atoms with Gasteiger partial charge in [0.1, 0.15) is 0 Å². The fourth-order valence-corrected chi connectivity index (χ4v) is 3.13. The molecule has 0 bridgehead atoms. The highest BCUT2D eigenvalue weighted by Crippen LogP contribution is 2.36. The van der Waals surface area contributed by atoms with Crippen molar-refractivity contribution < 1.29 is 0 Å². The molecule has 1 aliphatic carbocycles. The van der Waals surface area contributed by atoms with Crippen molar-refractivity contribution in [3.8, 4) is 0 Å². The molecule has 2 nitrogen and oxygen atoms in total. The van der Waals surface area contributed by atoms with E-state index in [4.69, 9.17) is 0 Å². The Morgan fingerprint density at radius 3 is 2.33 bits per heavy atom. The van der Waals surface area contributed by atoms with Crippen molar-refractivity contribution in [1.82, 2.24) is 10.2 Å². The van der Waals surface area contributed by atoms with Crippen LogP contribution in [0.15, 0.2) is 12.1 Å². The smallest absolute Gasteiger partial charge is 0.0662 e. The quantitative estimate of drug-likeness (QED) is 0.764. The third-order valence-electron chi connectivity index (χ3n) is 4.21. The van der Waals surface area contributed by atoms with Gasteiger partial charge in [0.15, 0.2) is 0 Å². The van der Waals surface area contributed by atoms with E-state index in [0.717, 1.165) is 24.5 Å². The zero-order valence-electron chi connectivity index (χ0n) is 11.9. The van der Waals surface area contributed by atoms with E-state index in [2.05, 4.69) is 36.2 Å². The molecule has 0 aromatic carbocycles. The van der Waals surface area contributed by atoms with Gasteiger partial charge in [0.05, 0.1) is 11.4 Å². The van der Waals surface area contributed by atoms with Crippen molar-refractivity contribution in [1.29, 1.82) is 0 Å². The number of aryl methyl sites for hydroxylation is 1. The summed E-state index contributed by atoms with van der Waals surface area (Å²) in [6.07, 6.45) is 10.3. The number of nitrogens with zero attached hydrogens (tertiary/aromatic N) is 2. The lowest BCUT2D eigenvalue weighted by Gasteiger charge is -2.27. The highest BCUT2D eigenvalue weighted by molar-refractivity contribution is 5.12. The monoisotopic (exact) mass is 246 g/mol. The fraction of sp³-hybridized carbons (Fsp3) is 0.750. The summed E-state index contributed by atoms with van der Waals surface area (Å²) in [4.78, 5) is 0. The third kappa shape index (κ3) is 3.54. The van der Waals surface area contributed by atoms with Gasteiger partial charge >= 0.3 is 0 Å². The Balaban J connectivity index is 1.89. The molecule has 1 aromatic rings. The molecule has 1 fully saturated rings. The summed E-state index contributed by atoms with van der Waals surface area (Å²) in [7, 11) is 0. The lowest BCUT2D eigenvalue weighted by atomic mass is 9.79. The first kappa shape index (κ1) is 13.5. The topological polar surface area (TPSA) is 25.8 Å². The van der Waals surface area contributed by atoms with Gasteiger partial charge in [-0.1, -0.05) is 33.1 Å². The Morgan fingerprint density at radius 2 is 1.78 bits per heavy atom. The first-order valence-corrected chi connectivity index (χ1v) is 7.66. The highest BCUT2D eigenvalue weighted by Gasteiger charge is 2.22. The summed E-state index contributed by atoms with van der Waals surface area (Å²) in [5.41, 5.74) is 2.37. The Hall–Kier alpha value is -0.920. The molecule has 18 heavy (non-hydrogen) atoms. The van der Waals surface area contributed by atoms with E-state index in [1.54, 1.807) is 0 Å². The lowest BCUT2D eigenvalue weighted by molar-refractivity contribution is 0.304. The van der Waals surface area contributed by atoms with E-state index in [1.807, 2.05) is 0 Å². The molecule has 1 aliphatic rings. The van der Waals surface area contributed by atoms with Gasteiger partial charge in [-0.3, -0.25) is 0 Å². The second-order valence-corrected chi connectivity index (χ2v) is 5.71. The van der Waals surface area contributed by atoms with Crippen LogP contribution in [0.4, 0.5) is 0 Å². The van der Waals surface area contributed by atoms with Crippen LogP contribution in [-0.2, 0) is 6.42 Å². The Morgan fingerprint density at radius 1 is 1.00 bits per heavy atom. The van der Waals surface area contributed by atoms with E-state index in [0.29, 0.717) is 5.92 Å². The van der Waals surface area contributed by atoms with Gasteiger partial charge in [-0.05, 0) is 50.2 Å². The van der Waals surface area contributed by atoms with E-state index in [1.165, 1.54) is 44.2 Å².